The minimum absolute atomic E-state index is 0.213. The Morgan fingerprint density at radius 1 is 1.10 bits per heavy atom. The third kappa shape index (κ3) is 2.72. The van der Waals surface area contributed by atoms with Crippen molar-refractivity contribution >= 4 is 10.0 Å². The fourth-order valence-corrected chi connectivity index (χ4v) is 3.92. The van der Waals surface area contributed by atoms with Crippen molar-refractivity contribution < 1.29 is 13.5 Å². The van der Waals surface area contributed by atoms with Gasteiger partial charge in [0.2, 0.25) is 10.0 Å². The van der Waals surface area contributed by atoms with Crippen LogP contribution in [0.25, 0.3) is 0 Å². The molecular weight excluding hydrogens is 286 g/mol. The topological polar surface area (TPSA) is 66.4 Å². The molecule has 0 bridgehead atoms. The molecule has 21 heavy (non-hydrogen) atoms. The molecule has 0 amide bonds. The van der Waals surface area contributed by atoms with Gasteiger partial charge in [-0.25, -0.2) is 13.1 Å². The van der Waals surface area contributed by atoms with Gasteiger partial charge in [-0.05, 0) is 30.2 Å². The van der Waals surface area contributed by atoms with E-state index in [1.165, 1.54) is 0 Å². The van der Waals surface area contributed by atoms with E-state index in [2.05, 4.69) is 4.72 Å². The van der Waals surface area contributed by atoms with Crippen LogP contribution < -0.4 is 4.72 Å². The molecule has 0 aliphatic heterocycles. The van der Waals surface area contributed by atoms with Gasteiger partial charge in [0, 0.05) is 6.42 Å². The van der Waals surface area contributed by atoms with Crippen LogP contribution in [0.4, 0.5) is 0 Å². The molecule has 110 valence electrons. The highest BCUT2D eigenvalue weighted by molar-refractivity contribution is 7.89. The summed E-state index contributed by atoms with van der Waals surface area (Å²) in [5.74, 6) is 0. The monoisotopic (exact) mass is 303 g/mol. The van der Waals surface area contributed by atoms with E-state index in [0.29, 0.717) is 6.42 Å². The van der Waals surface area contributed by atoms with Gasteiger partial charge in [-0.3, -0.25) is 0 Å². The number of sulfonamides is 1. The van der Waals surface area contributed by atoms with Gasteiger partial charge in [0.25, 0.3) is 0 Å². The third-order valence-corrected chi connectivity index (χ3v) is 5.27. The second kappa shape index (κ2) is 5.26. The molecule has 4 nitrogen and oxygen atoms in total. The van der Waals surface area contributed by atoms with Crippen molar-refractivity contribution in [1.29, 1.82) is 0 Å². The summed E-state index contributed by atoms with van der Waals surface area (Å²) in [6.45, 7) is 1.90. The number of fused-ring (bicyclic) bond motifs is 1. The summed E-state index contributed by atoms with van der Waals surface area (Å²) >= 11 is 0. The van der Waals surface area contributed by atoms with E-state index in [1.54, 1.807) is 24.3 Å². The maximum absolute atomic E-state index is 12.4. The molecule has 0 heterocycles. The van der Waals surface area contributed by atoms with E-state index in [-0.39, 0.29) is 4.90 Å². The maximum Gasteiger partial charge on any atom is 0.241 e. The summed E-state index contributed by atoms with van der Waals surface area (Å²) in [5, 5.41) is 10.1. The number of hydrogen-bond donors (Lipinski definition) is 2. The second-order valence-corrected chi connectivity index (χ2v) is 7.10. The zero-order valence-corrected chi connectivity index (χ0v) is 12.5. The van der Waals surface area contributed by atoms with Gasteiger partial charge in [0.05, 0.1) is 17.0 Å². The molecule has 0 unspecified atom stereocenters. The van der Waals surface area contributed by atoms with Gasteiger partial charge in [0.1, 0.15) is 0 Å². The molecule has 0 saturated carbocycles. The van der Waals surface area contributed by atoms with Crippen LogP contribution >= 0.6 is 0 Å². The van der Waals surface area contributed by atoms with Gasteiger partial charge in [-0.15, -0.1) is 0 Å². The predicted molar refractivity (Wildman–Crippen MR) is 80.4 cm³/mol. The quantitative estimate of drug-likeness (QED) is 0.910. The first-order valence-electron chi connectivity index (χ1n) is 6.82. The summed E-state index contributed by atoms with van der Waals surface area (Å²) in [4.78, 5) is 0.213. The molecule has 5 heteroatoms. The summed E-state index contributed by atoms with van der Waals surface area (Å²) < 4.78 is 27.5. The highest BCUT2D eigenvalue weighted by Gasteiger charge is 2.34. The molecule has 1 aliphatic carbocycles. The second-order valence-electron chi connectivity index (χ2n) is 5.38. The number of aliphatic hydroxyl groups excluding tert-OH is 1. The van der Waals surface area contributed by atoms with Gasteiger partial charge in [-0.1, -0.05) is 42.0 Å². The molecular formula is C16H17NO3S. The van der Waals surface area contributed by atoms with E-state index in [9.17, 15) is 13.5 Å². The highest BCUT2D eigenvalue weighted by atomic mass is 32.2. The van der Waals surface area contributed by atoms with Gasteiger partial charge in [-0.2, -0.15) is 0 Å². The molecule has 2 atom stereocenters. The van der Waals surface area contributed by atoms with Crippen molar-refractivity contribution in [2.24, 2.45) is 0 Å². The number of aryl methyl sites for hydroxylation is 1. The van der Waals surface area contributed by atoms with Crippen molar-refractivity contribution in [3.63, 3.8) is 0 Å². The fraction of sp³-hybridized carbons (Fsp3) is 0.250. The molecule has 0 fully saturated rings. The Kier molecular flexibility index (Phi) is 3.57. The molecule has 2 aromatic carbocycles. The fourth-order valence-electron chi connectivity index (χ4n) is 2.67. The van der Waals surface area contributed by atoms with Crippen molar-refractivity contribution in [2.45, 2.75) is 30.4 Å². The summed E-state index contributed by atoms with van der Waals surface area (Å²) in [7, 11) is -3.65. The first kappa shape index (κ1) is 14.3. The zero-order chi connectivity index (χ0) is 15.0. The largest absolute Gasteiger partial charge is 0.391 e. The van der Waals surface area contributed by atoms with E-state index >= 15 is 0 Å². The number of nitrogens with one attached hydrogen (secondary N) is 1. The number of aliphatic hydroxyl groups is 1. The van der Waals surface area contributed by atoms with Crippen LogP contribution in [-0.2, 0) is 16.4 Å². The molecule has 0 spiro atoms. The lowest BCUT2D eigenvalue weighted by Gasteiger charge is -2.18. The Morgan fingerprint density at radius 2 is 1.76 bits per heavy atom. The van der Waals surface area contributed by atoms with Gasteiger partial charge in [0.15, 0.2) is 0 Å². The van der Waals surface area contributed by atoms with E-state index in [0.717, 1.165) is 16.7 Å². The van der Waals surface area contributed by atoms with Crippen LogP contribution in [0.3, 0.4) is 0 Å². The average molecular weight is 303 g/mol. The van der Waals surface area contributed by atoms with Crippen molar-refractivity contribution in [1.82, 2.24) is 4.72 Å². The standard InChI is InChI=1S/C16H17NO3S/c1-11-6-8-13(9-7-11)21(19,20)17-16-14-5-3-2-4-12(14)10-15(16)18/h2-9,15-18H,10H2,1H3/t15-,16-/m1/s1. The first-order valence-corrected chi connectivity index (χ1v) is 8.30. The van der Waals surface area contributed by atoms with Crippen LogP contribution in [0.5, 0.6) is 0 Å². The smallest absolute Gasteiger partial charge is 0.241 e. The molecule has 0 aromatic heterocycles. The van der Waals surface area contributed by atoms with Gasteiger partial charge >= 0.3 is 0 Å². The number of benzene rings is 2. The van der Waals surface area contributed by atoms with Crippen molar-refractivity contribution in [2.75, 3.05) is 0 Å². The minimum Gasteiger partial charge on any atom is -0.391 e. The normalized spacial score (nSPS) is 21.2. The molecule has 1 aliphatic rings. The summed E-state index contributed by atoms with van der Waals surface area (Å²) in [6, 6.07) is 13.6. The lowest BCUT2D eigenvalue weighted by atomic mass is 10.1. The Bertz CT molecular complexity index is 753. The lowest BCUT2D eigenvalue weighted by molar-refractivity contribution is 0.151. The minimum atomic E-state index is -3.65. The first-order chi connectivity index (χ1) is 9.97. The average Bonchev–Trinajstić information content (AvgIpc) is 2.75. The summed E-state index contributed by atoms with van der Waals surface area (Å²) in [6.07, 6.45) is -0.264. The lowest BCUT2D eigenvalue weighted by Crippen LogP contribution is -2.33. The van der Waals surface area contributed by atoms with E-state index < -0.39 is 22.2 Å². The zero-order valence-electron chi connectivity index (χ0n) is 11.7. The van der Waals surface area contributed by atoms with Crippen LogP contribution in [-0.4, -0.2) is 19.6 Å². The predicted octanol–water partition coefficient (Wildman–Crippen LogP) is 1.93. The number of rotatable bonds is 3. The van der Waals surface area contributed by atoms with Crippen LogP contribution in [0.1, 0.15) is 22.7 Å². The van der Waals surface area contributed by atoms with Gasteiger partial charge < -0.3 is 5.11 Å². The number of hydrogen-bond acceptors (Lipinski definition) is 3. The Hall–Kier alpha value is -1.69. The van der Waals surface area contributed by atoms with E-state index in [1.807, 2.05) is 31.2 Å². The van der Waals surface area contributed by atoms with E-state index in [4.69, 9.17) is 0 Å². The molecule has 2 N–H and O–H groups in total. The van der Waals surface area contributed by atoms with Crippen molar-refractivity contribution in [3.05, 3.63) is 65.2 Å². The van der Waals surface area contributed by atoms with Crippen LogP contribution in [0.15, 0.2) is 53.4 Å². The van der Waals surface area contributed by atoms with Crippen LogP contribution in [0, 0.1) is 6.92 Å². The van der Waals surface area contributed by atoms with Crippen molar-refractivity contribution in [3.8, 4) is 0 Å². The molecule has 3 rings (SSSR count). The third-order valence-electron chi connectivity index (χ3n) is 3.82. The Labute approximate surface area is 124 Å². The highest BCUT2D eigenvalue weighted by Crippen LogP contribution is 2.32. The maximum atomic E-state index is 12.4. The molecule has 0 saturated heterocycles. The SMILES string of the molecule is Cc1ccc(S(=O)(=O)N[C@@H]2c3ccccc3C[C@H]2O)cc1. The Balaban J connectivity index is 1.91. The molecule has 0 radical (unpaired) electrons. The van der Waals surface area contributed by atoms with Crippen LogP contribution in [0.2, 0.25) is 0 Å². The molecule has 2 aromatic rings. The summed E-state index contributed by atoms with van der Waals surface area (Å²) in [5.41, 5.74) is 2.84. The Morgan fingerprint density at radius 3 is 2.48 bits per heavy atom.